The number of halogens is 3. The quantitative estimate of drug-likeness (QED) is 0.157. The number of aromatic nitrogens is 3. The SMILES string of the molecule is COc1ccc(NCc2cn(CCCCCCSc3ccnc4cc(C(F)(F)F)ccc34)cn2)cc1. The van der Waals surface area contributed by atoms with Gasteiger partial charge in [0.15, 0.2) is 0 Å². The van der Waals surface area contributed by atoms with Gasteiger partial charge in [-0.3, -0.25) is 4.98 Å². The lowest BCUT2D eigenvalue weighted by atomic mass is 10.1. The summed E-state index contributed by atoms with van der Waals surface area (Å²) in [6.45, 7) is 1.59. The molecule has 2 heterocycles. The van der Waals surface area contributed by atoms with Crippen LogP contribution in [0.1, 0.15) is 36.9 Å². The summed E-state index contributed by atoms with van der Waals surface area (Å²) in [6, 6.07) is 13.5. The number of hydrogen-bond donors (Lipinski definition) is 1. The predicted octanol–water partition coefficient (Wildman–Crippen LogP) is 7.42. The summed E-state index contributed by atoms with van der Waals surface area (Å²) in [5, 5.41) is 4.13. The molecule has 0 unspecified atom stereocenters. The second-order valence-electron chi connectivity index (χ2n) is 8.49. The molecular weight excluding hydrogens is 485 g/mol. The van der Waals surface area contributed by atoms with E-state index in [2.05, 4.69) is 26.0 Å². The van der Waals surface area contributed by atoms with E-state index in [1.807, 2.05) is 36.7 Å². The van der Waals surface area contributed by atoms with Crippen molar-refractivity contribution in [1.29, 1.82) is 0 Å². The third-order valence-electron chi connectivity index (χ3n) is 5.85. The van der Waals surface area contributed by atoms with Crippen LogP contribution in [-0.4, -0.2) is 27.4 Å². The van der Waals surface area contributed by atoms with Gasteiger partial charge in [0.1, 0.15) is 5.75 Å². The Morgan fingerprint density at radius 3 is 2.56 bits per heavy atom. The molecule has 36 heavy (non-hydrogen) atoms. The first kappa shape index (κ1) is 25.9. The molecule has 9 heteroatoms. The van der Waals surface area contributed by atoms with Crippen LogP contribution in [-0.2, 0) is 19.3 Å². The summed E-state index contributed by atoms with van der Waals surface area (Å²) in [5.74, 6) is 1.75. The minimum Gasteiger partial charge on any atom is -0.497 e. The number of ether oxygens (including phenoxy) is 1. The standard InChI is InChI=1S/C27H29F3N4OS/c1-35-23-9-7-21(8-10-23)32-17-22-18-34(19-33-22)14-4-2-3-5-15-36-26-12-13-31-25-16-20(27(28,29)30)6-11-24(25)26/h6-13,16,18-19,32H,2-5,14-15,17H2,1H3. The van der Waals surface area contributed by atoms with Crippen molar-refractivity contribution in [3.63, 3.8) is 0 Å². The van der Waals surface area contributed by atoms with Crippen molar-refractivity contribution in [2.24, 2.45) is 0 Å². The Hall–Kier alpha value is -3.20. The summed E-state index contributed by atoms with van der Waals surface area (Å²) in [6.07, 6.45) is 5.52. The minimum absolute atomic E-state index is 0.383. The number of anilines is 1. The van der Waals surface area contributed by atoms with Crippen LogP contribution in [0, 0.1) is 0 Å². The predicted molar refractivity (Wildman–Crippen MR) is 138 cm³/mol. The molecule has 0 amide bonds. The molecule has 0 bridgehead atoms. The van der Waals surface area contributed by atoms with Crippen LogP contribution in [0.4, 0.5) is 18.9 Å². The van der Waals surface area contributed by atoms with Gasteiger partial charge in [-0.1, -0.05) is 18.9 Å². The highest BCUT2D eigenvalue weighted by Crippen LogP contribution is 2.34. The number of nitrogens with one attached hydrogen (secondary N) is 1. The van der Waals surface area contributed by atoms with Crippen molar-refractivity contribution in [3.05, 3.63) is 78.5 Å². The van der Waals surface area contributed by atoms with E-state index < -0.39 is 11.7 Å². The van der Waals surface area contributed by atoms with Crippen LogP contribution in [0.2, 0.25) is 0 Å². The van der Waals surface area contributed by atoms with Gasteiger partial charge in [0.2, 0.25) is 0 Å². The Morgan fingerprint density at radius 2 is 1.78 bits per heavy atom. The smallest absolute Gasteiger partial charge is 0.416 e. The van der Waals surface area contributed by atoms with E-state index >= 15 is 0 Å². The van der Waals surface area contributed by atoms with Gasteiger partial charge in [0.25, 0.3) is 0 Å². The fourth-order valence-corrected chi connectivity index (χ4v) is 4.93. The van der Waals surface area contributed by atoms with Gasteiger partial charge in [-0.2, -0.15) is 13.2 Å². The summed E-state index contributed by atoms with van der Waals surface area (Å²) in [4.78, 5) is 9.57. The van der Waals surface area contributed by atoms with Crippen LogP contribution < -0.4 is 10.1 Å². The number of methoxy groups -OCH3 is 1. The topological polar surface area (TPSA) is 52.0 Å². The van der Waals surface area contributed by atoms with E-state index in [4.69, 9.17) is 4.74 Å². The summed E-state index contributed by atoms with van der Waals surface area (Å²) < 4.78 is 46.2. The average Bonchev–Trinajstić information content (AvgIpc) is 3.34. The van der Waals surface area contributed by atoms with E-state index in [0.717, 1.165) is 77.5 Å². The second-order valence-corrected chi connectivity index (χ2v) is 9.62. The Labute approximate surface area is 213 Å². The van der Waals surface area contributed by atoms with Crippen LogP contribution in [0.5, 0.6) is 5.75 Å². The molecule has 0 aliphatic carbocycles. The molecule has 4 rings (SSSR count). The Bertz CT molecular complexity index is 1260. The third kappa shape index (κ3) is 7.16. The minimum atomic E-state index is -4.36. The zero-order chi connectivity index (χ0) is 25.4. The summed E-state index contributed by atoms with van der Waals surface area (Å²) >= 11 is 1.68. The molecule has 4 aromatic rings. The maximum atomic E-state index is 13.0. The van der Waals surface area contributed by atoms with E-state index in [1.165, 1.54) is 6.07 Å². The molecule has 0 fully saturated rings. The number of hydrogen-bond acceptors (Lipinski definition) is 5. The number of unbranched alkanes of at least 4 members (excludes halogenated alkanes) is 3. The van der Waals surface area contributed by atoms with Crippen LogP contribution in [0.15, 0.2) is 72.1 Å². The van der Waals surface area contributed by atoms with Gasteiger partial charge in [-0.25, -0.2) is 4.98 Å². The van der Waals surface area contributed by atoms with Crippen molar-refractivity contribution in [2.45, 2.75) is 49.8 Å². The molecule has 0 radical (unpaired) electrons. The molecule has 2 aromatic heterocycles. The maximum Gasteiger partial charge on any atom is 0.416 e. The third-order valence-corrected chi connectivity index (χ3v) is 7.01. The molecule has 1 N–H and O–H groups in total. The Balaban J connectivity index is 1.14. The fraction of sp³-hybridized carbons (Fsp3) is 0.333. The molecule has 5 nitrogen and oxygen atoms in total. The number of benzene rings is 2. The van der Waals surface area contributed by atoms with Gasteiger partial charge >= 0.3 is 6.18 Å². The first-order chi connectivity index (χ1) is 17.4. The second kappa shape index (κ2) is 12.2. The number of thioether (sulfide) groups is 1. The molecule has 190 valence electrons. The first-order valence-electron chi connectivity index (χ1n) is 11.9. The van der Waals surface area contributed by atoms with Gasteiger partial charge < -0.3 is 14.6 Å². The highest BCUT2D eigenvalue weighted by atomic mass is 32.2. The van der Waals surface area contributed by atoms with Crippen molar-refractivity contribution in [3.8, 4) is 5.75 Å². The van der Waals surface area contributed by atoms with Gasteiger partial charge in [-0.05, 0) is 61.1 Å². The molecule has 0 aliphatic heterocycles. The van der Waals surface area contributed by atoms with Crippen LogP contribution in [0.25, 0.3) is 10.9 Å². The fourth-order valence-electron chi connectivity index (χ4n) is 3.88. The van der Waals surface area contributed by atoms with Crippen molar-refractivity contribution < 1.29 is 17.9 Å². The Morgan fingerprint density at radius 1 is 0.972 bits per heavy atom. The summed E-state index contributed by atoms with van der Waals surface area (Å²) in [5.41, 5.74) is 1.74. The van der Waals surface area contributed by atoms with Gasteiger partial charge in [-0.15, -0.1) is 11.8 Å². The number of imidazole rings is 1. The summed E-state index contributed by atoms with van der Waals surface area (Å²) in [7, 11) is 1.65. The zero-order valence-electron chi connectivity index (χ0n) is 20.1. The van der Waals surface area contributed by atoms with E-state index in [9.17, 15) is 13.2 Å². The molecular formula is C27H29F3N4OS. The number of alkyl halides is 3. The maximum absolute atomic E-state index is 13.0. The van der Waals surface area contributed by atoms with Crippen molar-refractivity contribution in [1.82, 2.24) is 14.5 Å². The number of rotatable bonds is 12. The molecule has 2 aromatic carbocycles. The Kier molecular flexibility index (Phi) is 8.74. The van der Waals surface area contributed by atoms with Crippen molar-refractivity contribution >= 4 is 28.4 Å². The monoisotopic (exact) mass is 514 g/mol. The highest BCUT2D eigenvalue weighted by molar-refractivity contribution is 7.99. The molecule has 0 atom stereocenters. The molecule has 0 spiro atoms. The lowest BCUT2D eigenvalue weighted by Crippen LogP contribution is -2.04. The van der Waals surface area contributed by atoms with E-state index in [1.54, 1.807) is 25.1 Å². The lowest BCUT2D eigenvalue weighted by Gasteiger charge is -2.10. The molecule has 0 saturated heterocycles. The van der Waals surface area contributed by atoms with Gasteiger partial charge in [0, 0.05) is 34.9 Å². The van der Waals surface area contributed by atoms with Crippen LogP contribution >= 0.6 is 11.8 Å². The zero-order valence-corrected chi connectivity index (χ0v) is 20.9. The van der Waals surface area contributed by atoms with Gasteiger partial charge in [0.05, 0.1) is 36.8 Å². The number of aryl methyl sites for hydroxylation is 1. The molecule has 0 saturated carbocycles. The van der Waals surface area contributed by atoms with E-state index in [-0.39, 0.29) is 0 Å². The number of nitrogens with zero attached hydrogens (tertiary/aromatic N) is 3. The number of fused-ring (bicyclic) bond motifs is 1. The van der Waals surface area contributed by atoms with Crippen LogP contribution in [0.3, 0.4) is 0 Å². The molecule has 0 aliphatic rings. The normalized spacial score (nSPS) is 11.7. The first-order valence-corrected chi connectivity index (χ1v) is 12.9. The van der Waals surface area contributed by atoms with E-state index in [0.29, 0.717) is 12.1 Å². The highest BCUT2D eigenvalue weighted by Gasteiger charge is 2.30. The average molecular weight is 515 g/mol. The number of pyridine rings is 1. The largest absolute Gasteiger partial charge is 0.497 e. The lowest BCUT2D eigenvalue weighted by molar-refractivity contribution is -0.137. The van der Waals surface area contributed by atoms with Crippen molar-refractivity contribution in [2.75, 3.05) is 18.2 Å².